The van der Waals surface area contributed by atoms with Crippen LogP contribution in [-0.4, -0.2) is 24.1 Å². The Morgan fingerprint density at radius 1 is 1.42 bits per heavy atom. The molecule has 1 aromatic heterocycles. The zero-order chi connectivity index (χ0) is 9.19. The number of aromatic nitrogens is 2. The molecule has 4 nitrogen and oxygen atoms in total. The summed E-state index contributed by atoms with van der Waals surface area (Å²) in [6.07, 6.45) is 2.52. The molecule has 0 saturated carbocycles. The van der Waals surface area contributed by atoms with E-state index in [1.807, 2.05) is 0 Å². The summed E-state index contributed by atoms with van der Waals surface area (Å²) in [6.45, 7) is 1.54. The monoisotopic (exact) mass is 206 g/mol. The van der Waals surface area contributed by atoms with Crippen molar-refractivity contribution in [3.05, 3.63) is 17.4 Å². The predicted molar refractivity (Wildman–Crippen MR) is 44.8 cm³/mol. The third kappa shape index (κ3) is 1.92. The van der Waals surface area contributed by atoms with E-state index in [0.29, 0.717) is 5.02 Å². The average molecular weight is 207 g/mol. The highest BCUT2D eigenvalue weighted by Gasteiger charge is 2.13. The van der Waals surface area contributed by atoms with Crippen molar-refractivity contribution in [2.75, 3.05) is 5.75 Å². The largest absolute Gasteiger partial charge is 0.247 e. The van der Waals surface area contributed by atoms with Gasteiger partial charge in [0.1, 0.15) is 0 Å². The predicted octanol–water partition coefficient (Wildman–Crippen LogP) is 0.924. The van der Waals surface area contributed by atoms with E-state index in [2.05, 4.69) is 9.97 Å². The van der Waals surface area contributed by atoms with Crippen LogP contribution in [0.3, 0.4) is 0 Å². The lowest BCUT2D eigenvalue weighted by atomic mass is 10.7. The molecule has 0 bridgehead atoms. The quantitative estimate of drug-likeness (QED) is 0.676. The first-order valence-electron chi connectivity index (χ1n) is 3.26. The molecule has 0 amide bonds. The van der Waals surface area contributed by atoms with Crippen molar-refractivity contribution >= 4 is 21.4 Å². The second kappa shape index (κ2) is 3.37. The summed E-state index contributed by atoms with van der Waals surface area (Å²) in [5.74, 6) is -0.00533. The van der Waals surface area contributed by atoms with Crippen LogP contribution in [0.25, 0.3) is 0 Å². The van der Waals surface area contributed by atoms with Crippen LogP contribution in [0.1, 0.15) is 6.92 Å². The summed E-state index contributed by atoms with van der Waals surface area (Å²) >= 11 is 5.49. The minimum Gasteiger partial charge on any atom is -0.225 e. The fraction of sp³-hybridized carbons (Fsp3) is 0.333. The standard InChI is InChI=1S/C6H7ClN2O2S/c1-2-12(10,11)6-8-3-5(7)4-9-6/h3-4H,2H2,1H3. The first kappa shape index (κ1) is 9.41. The second-order valence-corrected chi connectivity index (χ2v) is 4.70. The van der Waals surface area contributed by atoms with Crippen LogP contribution in [0.15, 0.2) is 17.6 Å². The van der Waals surface area contributed by atoms with Gasteiger partial charge < -0.3 is 0 Å². The molecule has 0 N–H and O–H groups in total. The van der Waals surface area contributed by atoms with Gasteiger partial charge in [0.15, 0.2) is 0 Å². The van der Waals surface area contributed by atoms with Gasteiger partial charge >= 0.3 is 0 Å². The summed E-state index contributed by atoms with van der Waals surface area (Å²) < 4.78 is 22.3. The lowest BCUT2D eigenvalue weighted by Gasteiger charge is -1.97. The van der Waals surface area contributed by atoms with E-state index in [1.54, 1.807) is 0 Å². The molecule has 1 aromatic rings. The number of sulfone groups is 1. The molecule has 0 fully saturated rings. The van der Waals surface area contributed by atoms with Crippen LogP contribution < -0.4 is 0 Å². The maximum absolute atomic E-state index is 11.1. The first-order valence-corrected chi connectivity index (χ1v) is 5.29. The van der Waals surface area contributed by atoms with E-state index in [9.17, 15) is 8.42 Å². The number of halogens is 1. The summed E-state index contributed by atoms with van der Waals surface area (Å²) in [5.41, 5.74) is 0. The van der Waals surface area contributed by atoms with E-state index < -0.39 is 9.84 Å². The molecule has 0 atom stereocenters. The molecule has 0 aromatic carbocycles. The van der Waals surface area contributed by atoms with Gasteiger partial charge in [-0.3, -0.25) is 0 Å². The van der Waals surface area contributed by atoms with Crippen molar-refractivity contribution in [2.45, 2.75) is 12.1 Å². The Labute approximate surface area is 75.5 Å². The molecule has 0 aliphatic rings. The Bertz CT molecular complexity index is 360. The smallest absolute Gasteiger partial charge is 0.225 e. The Morgan fingerprint density at radius 3 is 2.33 bits per heavy atom. The minimum absolute atomic E-state index is 0.00533. The molecule has 0 saturated heterocycles. The highest BCUT2D eigenvalue weighted by molar-refractivity contribution is 7.91. The molecule has 66 valence electrons. The van der Waals surface area contributed by atoms with E-state index >= 15 is 0 Å². The Morgan fingerprint density at radius 2 is 1.92 bits per heavy atom. The van der Waals surface area contributed by atoms with Crippen molar-refractivity contribution < 1.29 is 8.42 Å². The van der Waals surface area contributed by atoms with E-state index in [0.717, 1.165) is 0 Å². The average Bonchev–Trinajstić information content (AvgIpc) is 2.05. The zero-order valence-corrected chi connectivity index (χ0v) is 7.93. The van der Waals surface area contributed by atoms with Gasteiger partial charge in [-0.15, -0.1) is 0 Å². The second-order valence-electron chi connectivity index (χ2n) is 2.09. The summed E-state index contributed by atoms with van der Waals surface area (Å²) in [6, 6.07) is 0. The fourth-order valence-electron chi connectivity index (χ4n) is 0.590. The summed E-state index contributed by atoms with van der Waals surface area (Å²) in [5, 5.41) is 0.152. The molecule has 0 aliphatic heterocycles. The highest BCUT2D eigenvalue weighted by Crippen LogP contribution is 2.07. The molecule has 0 aliphatic carbocycles. The summed E-state index contributed by atoms with van der Waals surface area (Å²) in [7, 11) is -3.30. The molecular weight excluding hydrogens is 200 g/mol. The normalized spacial score (nSPS) is 11.5. The van der Waals surface area contributed by atoms with Gasteiger partial charge in [0.05, 0.1) is 23.2 Å². The third-order valence-electron chi connectivity index (χ3n) is 1.25. The van der Waals surface area contributed by atoms with Gasteiger partial charge in [-0.05, 0) is 0 Å². The Balaban J connectivity index is 3.14. The molecule has 1 rings (SSSR count). The number of hydrogen-bond acceptors (Lipinski definition) is 4. The zero-order valence-electron chi connectivity index (χ0n) is 6.36. The Kier molecular flexibility index (Phi) is 2.64. The molecule has 0 radical (unpaired) electrons. The van der Waals surface area contributed by atoms with Gasteiger partial charge in [0.25, 0.3) is 0 Å². The van der Waals surface area contributed by atoms with Crippen LogP contribution in [0.4, 0.5) is 0 Å². The van der Waals surface area contributed by atoms with Crippen molar-refractivity contribution in [2.24, 2.45) is 0 Å². The molecule has 0 unspecified atom stereocenters. The topological polar surface area (TPSA) is 59.9 Å². The number of hydrogen-bond donors (Lipinski definition) is 0. The third-order valence-corrected chi connectivity index (χ3v) is 2.98. The van der Waals surface area contributed by atoms with Crippen molar-refractivity contribution in [3.8, 4) is 0 Å². The minimum atomic E-state index is -3.30. The summed E-state index contributed by atoms with van der Waals surface area (Å²) in [4.78, 5) is 7.18. The van der Waals surface area contributed by atoms with Crippen LogP contribution >= 0.6 is 11.6 Å². The van der Waals surface area contributed by atoms with Gasteiger partial charge in [0.2, 0.25) is 15.0 Å². The fourth-order valence-corrected chi connectivity index (χ4v) is 1.37. The highest BCUT2D eigenvalue weighted by atomic mass is 35.5. The lowest BCUT2D eigenvalue weighted by Crippen LogP contribution is -2.07. The van der Waals surface area contributed by atoms with Crippen LogP contribution in [-0.2, 0) is 9.84 Å². The number of rotatable bonds is 2. The van der Waals surface area contributed by atoms with Crippen molar-refractivity contribution in [3.63, 3.8) is 0 Å². The molecule has 1 heterocycles. The SMILES string of the molecule is CCS(=O)(=O)c1ncc(Cl)cn1. The van der Waals surface area contributed by atoms with Gasteiger partial charge in [0, 0.05) is 0 Å². The molecule has 6 heteroatoms. The van der Waals surface area contributed by atoms with Crippen LogP contribution in [0.5, 0.6) is 0 Å². The Hall–Kier alpha value is -0.680. The van der Waals surface area contributed by atoms with E-state index in [1.165, 1.54) is 19.3 Å². The molecule has 0 spiro atoms. The first-order chi connectivity index (χ1) is 5.56. The maximum atomic E-state index is 11.1. The van der Waals surface area contributed by atoms with E-state index in [-0.39, 0.29) is 10.9 Å². The van der Waals surface area contributed by atoms with Gasteiger partial charge in [-0.2, -0.15) is 0 Å². The van der Waals surface area contributed by atoms with Crippen molar-refractivity contribution in [1.82, 2.24) is 9.97 Å². The number of nitrogens with zero attached hydrogens (tertiary/aromatic N) is 2. The molecule has 12 heavy (non-hydrogen) atoms. The van der Waals surface area contributed by atoms with Crippen molar-refractivity contribution in [1.29, 1.82) is 0 Å². The van der Waals surface area contributed by atoms with E-state index in [4.69, 9.17) is 11.6 Å². The molecular formula is C6H7ClN2O2S. The lowest BCUT2D eigenvalue weighted by molar-refractivity contribution is 0.588. The maximum Gasteiger partial charge on any atom is 0.247 e. The van der Waals surface area contributed by atoms with Crippen LogP contribution in [0, 0.1) is 0 Å². The van der Waals surface area contributed by atoms with Gasteiger partial charge in [-0.25, -0.2) is 18.4 Å². The van der Waals surface area contributed by atoms with Crippen LogP contribution in [0.2, 0.25) is 5.02 Å². The van der Waals surface area contributed by atoms with Gasteiger partial charge in [-0.1, -0.05) is 18.5 Å².